The summed E-state index contributed by atoms with van der Waals surface area (Å²) in [4.78, 5) is 41.5. The van der Waals surface area contributed by atoms with Gasteiger partial charge in [-0.15, -0.1) is 0 Å². The topological polar surface area (TPSA) is 109 Å². The number of hydrogen-bond donors (Lipinski definition) is 2. The van der Waals surface area contributed by atoms with E-state index >= 15 is 4.39 Å². The van der Waals surface area contributed by atoms with Crippen LogP contribution < -0.4 is 15.4 Å². The Hall–Kier alpha value is -4.41. The van der Waals surface area contributed by atoms with E-state index in [1.807, 2.05) is 50.2 Å². The Morgan fingerprint density at radius 1 is 1.10 bits per heavy atom. The van der Waals surface area contributed by atoms with Crippen molar-refractivity contribution in [3.8, 4) is 28.0 Å². The minimum absolute atomic E-state index is 0.193. The van der Waals surface area contributed by atoms with E-state index in [2.05, 4.69) is 15.6 Å². The molecule has 0 saturated carbocycles. The van der Waals surface area contributed by atoms with Gasteiger partial charge in [-0.25, -0.2) is 14.2 Å². The number of rotatable bonds is 8. The maximum Gasteiger partial charge on any atom is 0.349 e. The molecule has 2 atom stereocenters. The number of carbonyl (C=O) groups excluding carboxylic acids is 3. The summed E-state index contributed by atoms with van der Waals surface area (Å²) in [6.45, 7) is 5.51. The summed E-state index contributed by atoms with van der Waals surface area (Å²) in [5.74, 6) is -2.30. The van der Waals surface area contributed by atoms with Gasteiger partial charge in [-0.2, -0.15) is 0 Å². The van der Waals surface area contributed by atoms with Crippen molar-refractivity contribution in [2.24, 2.45) is 10.9 Å². The second kappa shape index (κ2) is 12.2. The maximum atomic E-state index is 15.4. The second-order valence-corrected chi connectivity index (χ2v) is 10.5. The number of methoxy groups -OCH3 is 1. The number of carbonyl (C=O) groups is 3. The molecule has 0 aromatic heterocycles. The summed E-state index contributed by atoms with van der Waals surface area (Å²) in [5.41, 5.74) is 6.03. The zero-order valence-electron chi connectivity index (χ0n) is 24.0. The normalized spacial score (nSPS) is 18.5. The number of nitrogens with zero attached hydrogens (tertiary/aromatic N) is 2. The lowest BCUT2D eigenvalue weighted by atomic mass is 9.90. The van der Waals surface area contributed by atoms with E-state index in [0.717, 1.165) is 45.4 Å². The van der Waals surface area contributed by atoms with Crippen LogP contribution in [0.1, 0.15) is 23.1 Å². The summed E-state index contributed by atoms with van der Waals surface area (Å²) < 4.78 is 26.4. The fourth-order valence-electron chi connectivity index (χ4n) is 5.35. The molecule has 2 N–H and O–H groups in total. The third-order valence-electron chi connectivity index (χ3n) is 7.90. The number of urea groups is 1. The summed E-state index contributed by atoms with van der Waals surface area (Å²) >= 11 is 0. The Morgan fingerprint density at radius 2 is 1.81 bits per heavy atom. The van der Waals surface area contributed by atoms with Crippen molar-refractivity contribution in [2.45, 2.75) is 32.9 Å². The van der Waals surface area contributed by atoms with Crippen molar-refractivity contribution in [3.63, 3.8) is 0 Å². The average molecular weight is 573 g/mol. The van der Waals surface area contributed by atoms with Crippen LogP contribution in [0.25, 0.3) is 22.3 Å². The highest BCUT2D eigenvalue weighted by molar-refractivity contribution is 6.23. The van der Waals surface area contributed by atoms with Gasteiger partial charge in [0.25, 0.3) is 0 Å². The van der Waals surface area contributed by atoms with Crippen molar-refractivity contribution in [1.82, 2.24) is 10.2 Å². The van der Waals surface area contributed by atoms with Crippen LogP contribution in [0, 0.1) is 25.6 Å². The highest BCUT2D eigenvalue weighted by Crippen LogP contribution is 2.38. The molecule has 218 valence electrons. The predicted molar refractivity (Wildman–Crippen MR) is 158 cm³/mol. The van der Waals surface area contributed by atoms with Crippen molar-refractivity contribution in [2.75, 3.05) is 32.7 Å². The molecule has 3 aromatic rings. The van der Waals surface area contributed by atoms with Crippen LogP contribution in [-0.4, -0.2) is 62.4 Å². The van der Waals surface area contributed by atoms with E-state index < -0.39 is 23.8 Å². The monoisotopic (exact) mass is 572 g/mol. The Kier molecular flexibility index (Phi) is 8.46. The summed E-state index contributed by atoms with van der Waals surface area (Å²) in [7, 11) is 2.83. The fourth-order valence-corrected chi connectivity index (χ4v) is 5.35. The SMILES string of the molecule is COc1cc(-c2cccc(-c3cccc(NC(=O)C4C=NC(=O)N(C)C4=O)c3C)c2C)cc(F)c1CNC1CCOC1. The van der Waals surface area contributed by atoms with Crippen LogP contribution in [-0.2, 0) is 20.9 Å². The highest BCUT2D eigenvalue weighted by Gasteiger charge is 2.34. The predicted octanol–water partition coefficient (Wildman–Crippen LogP) is 4.88. The first-order valence-corrected chi connectivity index (χ1v) is 13.7. The zero-order valence-corrected chi connectivity index (χ0v) is 24.0. The molecule has 0 aliphatic carbocycles. The lowest BCUT2D eigenvalue weighted by molar-refractivity contribution is -0.134. The van der Waals surface area contributed by atoms with Crippen molar-refractivity contribution < 1.29 is 28.2 Å². The Bertz CT molecular complexity index is 1580. The van der Waals surface area contributed by atoms with Crippen molar-refractivity contribution in [3.05, 3.63) is 71.0 Å². The third kappa shape index (κ3) is 5.68. The molecule has 1 fully saturated rings. The van der Waals surface area contributed by atoms with E-state index in [4.69, 9.17) is 9.47 Å². The number of nitrogens with one attached hydrogen (secondary N) is 2. The first-order chi connectivity index (χ1) is 20.2. The number of aliphatic imine (C=N–C) groups is 1. The van der Waals surface area contributed by atoms with Crippen LogP contribution in [0.5, 0.6) is 5.75 Å². The number of halogens is 1. The van der Waals surface area contributed by atoms with Crippen LogP contribution in [0.4, 0.5) is 14.9 Å². The molecular formula is C32H33FN4O5. The van der Waals surface area contributed by atoms with Gasteiger partial charge in [-0.1, -0.05) is 30.3 Å². The zero-order chi connectivity index (χ0) is 30.0. The number of anilines is 1. The first-order valence-electron chi connectivity index (χ1n) is 13.7. The minimum Gasteiger partial charge on any atom is -0.496 e. The van der Waals surface area contributed by atoms with Gasteiger partial charge >= 0.3 is 6.03 Å². The van der Waals surface area contributed by atoms with E-state index in [1.165, 1.54) is 20.2 Å². The molecule has 9 nitrogen and oxygen atoms in total. The Labute approximate surface area is 243 Å². The molecule has 2 aliphatic heterocycles. The number of amides is 4. The number of imide groups is 1. The molecule has 0 radical (unpaired) electrons. The summed E-state index contributed by atoms with van der Waals surface area (Å²) in [6.07, 6.45) is 1.97. The van der Waals surface area contributed by atoms with Crippen LogP contribution >= 0.6 is 0 Å². The number of benzene rings is 3. The first kappa shape index (κ1) is 29.1. The van der Waals surface area contributed by atoms with E-state index in [-0.39, 0.29) is 11.9 Å². The second-order valence-electron chi connectivity index (χ2n) is 10.5. The molecular weight excluding hydrogens is 539 g/mol. The van der Waals surface area contributed by atoms with E-state index in [0.29, 0.717) is 42.3 Å². The average Bonchev–Trinajstić information content (AvgIpc) is 3.50. The lowest BCUT2D eigenvalue weighted by Crippen LogP contribution is -2.45. The molecule has 2 unspecified atom stereocenters. The molecule has 42 heavy (non-hydrogen) atoms. The molecule has 4 amide bonds. The Balaban J connectivity index is 1.43. The summed E-state index contributed by atoms with van der Waals surface area (Å²) in [6, 6.07) is 14.2. The van der Waals surface area contributed by atoms with Gasteiger partial charge in [-0.05, 0) is 71.8 Å². The largest absolute Gasteiger partial charge is 0.496 e. The third-order valence-corrected chi connectivity index (χ3v) is 7.90. The Morgan fingerprint density at radius 3 is 2.52 bits per heavy atom. The molecule has 10 heteroatoms. The van der Waals surface area contributed by atoms with Gasteiger partial charge in [0, 0.05) is 43.7 Å². The van der Waals surface area contributed by atoms with E-state index in [9.17, 15) is 14.4 Å². The standard InChI is InChI=1S/C32H33FN4O5/c1-18-22(20-13-27(33)25(29(14-20)41-4)15-34-21-11-12-42-17-21)7-5-8-23(18)24-9-6-10-28(19(24)2)36-30(38)26-16-35-32(40)37(3)31(26)39/h5-10,13-14,16,21,26,34H,11-12,15,17H2,1-4H3,(H,36,38). The van der Waals surface area contributed by atoms with Crippen molar-refractivity contribution >= 4 is 29.7 Å². The smallest absolute Gasteiger partial charge is 0.349 e. The maximum absolute atomic E-state index is 15.4. The molecule has 2 heterocycles. The molecule has 2 aliphatic rings. The van der Waals surface area contributed by atoms with Gasteiger partial charge in [0.2, 0.25) is 11.8 Å². The van der Waals surface area contributed by atoms with Crippen LogP contribution in [0.3, 0.4) is 0 Å². The fraction of sp³-hybridized carbons (Fsp3) is 0.312. The molecule has 0 bridgehead atoms. The van der Waals surface area contributed by atoms with Gasteiger partial charge in [0.05, 0.1) is 13.7 Å². The number of ether oxygens (including phenoxy) is 2. The van der Waals surface area contributed by atoms with Gasteiger partial charge < -0.3 is 20.1 Å². The lowest BCUT2D eigenvalue weighted by Gasteiger charge is -2.22. The molecule has 3 aromatic carbocycles. The van der Waals surface area contributed by atoms with Gasteiger partial charge in [0.15, 0.2) is 5.92 Å². The quantitative estimate of drug-likeness (QED) is 0.373. The molecule has 0 spiro atoms. The van der Waals surface area contributed by atoms with Crippen LogP contribution in [0.15, 0.2) is 53.5 Å². The summed E-state index contributed by atoms with van der Waals surface area (Å²) in [5, 5.41) is 6.16. The molecule has 1 saturated heterocycles. The van der Waals surface area contributed by atoms with Gasteiger partial charge in [0.1, 0.15) is 11.6 Å². The molecule has 5 rings (SSSR count). The van der Waals surface area contributed by atoms with E-state index in [1.54, 1.807) is 6.07 Å². The van der Waals surface area contributed by atoms with Crippen molar-refractivity contribution in [1.29, 1.82) is 0 Å². The minimum atomic E-state index is -1.20. The number of hydrogen-bond acceptors (Lipinski definition) is 6. The highest BCUT2D eigenvalue weighted by atomic mass is 19.1. The van der Waals surface area contributed by atoms with Gasteiger partial charge in [-0.3, -0.25) is 14.5 Å². The van der Waals surface area contributed by atoms with Crippen LogP contribution in [0.2, 0.25) is 0 Å².